The standard InChI is InChI=1S/C30H21F4NO/c1-30(2,36)24-20(17-7-4-3-5-8-17)9-6-10-21(24)18-11-13-19(14-12-18)23-16-15-22-25(31)26(32)27(33)28(34)29(22)35-23/h3-16,36H,1-2H3. The van der Waals surface area contributed by atoms with Gasteiger partial charge in [0.25, 0.3) is 0 Å². The van der Waals surface area contributed by atoms with E-state index in [1.807, 2.05) is 60.7 Å². The maximum absolute atomic E-state index is 14.3. The van der Waals surface area contributed by atoms with Gasteiger partial charge >= 0.3 is 0 Å². The van der Waals surface area contributed by atoms with Gasteiger partial charge in [0.15, 0.2) is 23.3 Å². The lowest BCUT2D eigenvalue weighted by Crippen LogP contribution is -2.18. The summed E-state index contributed by atoms with van der Waals surface area (Å²) in [5.41, 5.74) is 3.47. The van der Waals surface area contributed by atoms with Gasteiger partial charge in [0.05, 0.1) is 11.3 Å². The minimum absolute atomic E-state index is 0.277. The van der Waals surface area contributed by atoms with Crippen LogP contribution in [0.25, 0.3) is 44.4 Å². The van der Waals surface area contributed by atoms with Crippen LogP contribution in [0.3, 0.4) is 0 Å². The van der Waals surface area contributed by atoms with Gasteiger partial charge < -0.3 is 5.11 Å². The van der Waals surface area contributed by atoms with Crippen LogP contribution in [0.5, 0.6) is 0 Å². The Hall–Kier alpha value is -4.03. The highest BCUT2D eigenvalue weighted by Gasteiger charge is 2.25. The molecule has 36 heavy (non-hydrogen) atoms. The zero-order valence-corrected chi connectivity index (χ0v) is 19.5. The van der Waals surface area contributed by atoms with Crippen molar-refractivity contribution in [2.24, 2.45) is 0 Å². The van der Waals surface area contributed by atoms with Crippen LogP contribution in [0.15, 0.2) is 84.9 Å². The molecule has 1 aromatic heterocycles. The number of aromatic nitrogens is 1. The normalized spacial score (nSPS) is 11.8. The molecule has 0 saturated heterocycles. The van der Waals surface area contributed by atoms with Crippen molar-refractivity contribution in [3.05, 3.63) is 114 Å². The number of pyridine rings is 1. The number of nitrogens with zero attached hydrogens (tertiary/aromatic N) is 1. The van der Waals surface area contributed by atoms with Crippen LogP contribution in [-0.4, -0.2) is 10.1 Å². The second-order valence-corrected chi connectivity index (χ2v) is 9.08. The Morgan fingerprint density at radius 2 is 1.14 bits per heavy atom. The molecule has 0 aliphatic rings. The monoisotopic (exact) mass is 487 g/mol. The van der Waals surface area contributed by atoms with E-state index in [1.54, 1.807) is 26.0 Å². The number of hydrogen-bond donors (Lipinski definition) is 1. The molecule has 0 aliphatic heterocycles. The molecule has 0 radical (unpaired) electrons. The van der Waals surface area contributed by atoms with E-state index in [1.165, 1.54) is 12.1 Å². The molecule has 5 aromatic rings. The smallest absolute Gasteiger partial charge is 0.199 e. The third kappa shape index (κ3) is 4.03. The summed E-state index contributed by atoms with van der Waals surface area (Å²) in [6, 6.07) is 25.4. The van der Waals surface area contributed by atoms with Crippen LogP contribution in [0.4, 0.5) is 17.6 Å². The van der Waals surface area contributed by atoms with Crippen LogP contribution in [0.1, 0.15) is 19.4 Å². The lowest BCUT2D eigenvalue weighted by molar-refractivity contribution is 0.0798. The van der Waals surface area contributed by atoms with Crippen LogP contribution in [-0.2, 0) is 5.60 Å². The van der Waals surface area contributed by atoms with Crippen LogP contribution >= 0.6 is 0 Å². The van der Waals surface area contributed by atoms with Gasteiger partial charge in [-0.2, -0.15) is 0 Å². The Bertz CT molecular complexity index is 1590. The summed E-state index contributed by atoms with van der Waals surface area (Å²) in [4.78, 5) is 4.06. The van der Waals surface area contributed by atoms with Gasteiger partial charge in [-0.25, -0.2) is 22.5 Å². The van der Waals surface area contributed by atoms with Crippen molar-refractivity contribution >= 4 is 10.9 Å². The second kappa shape index (κ2) is 8.88. The second-order valence-electron chi connectivity index (χ2n) is 9.08. The summed E-state index contributed by atoms with van der Waals surface area (Å²) >= 11 is 0. The number of benzene rings is 4. The molecule has 1 heterocycles. The zero-order chi connectivity index (χ0) is 25.6. The molecule has 1 N–H and O–H groups in total. The number of fused-ring (bicyclic) bond motifs is 1. The molecular weight excluding hydrogens is 466 g/mol. The Balaban J connectivity index is 1.60. The molecule has 0 atom stereocenters. The quantitative estimate of drug-likeness (QED) is 0.158. The highest BCUT2D eigenvalue weighted by molar-refractivity contribution is 5.84. The first-order chi connectivity index (χ1) is 17.2. The summed E-state index contributed by atoms with van der Waals surface area (Å²) in [6.07, 6.45) is 0. The fraction of sp³-hybridized carbons (Fsp3) is 0.100. The van der Waals surface area contributed by atoms with E-state index < -0.39 is 39.8 Å². The molecular formula is C30H21F4NO. The molecule has 2 nitrogen and oxygen atoms in total. The number of rotatable bonds is 4. The molecule has 0 bridgehead atoms. The Kier molecular flexibility index (Phi) is 5.85. The molecule has 180 valence electrons. The SMILES string of the molecule is CC(C)(O)c1c(-c2ccccc2)cccc1-c1ccc(-c2ccc3c(F)c(F)c(F)c(F)c3n2)cc1. The zero-order valence-electron chi connectivity index (χ0n) is 19.5. The van der Waals surface area contributed by atoms with Crippen molar-refractivity contribution in [3.63, 3.8) is 0 Å². The molecule has 0 unspecified atom stereocenters. The fourth-order valence-corrected chi connectivity index (χ4v) is 4.51. The first-order valence-corrected chi connectivity index (χ1v) is 11.3. The third-order valence-electron chi connectivity index (χ3n) is 6.17. The molecule has 0 fully saturated rings. The molecule has 0 amide bonds. The van der Waals surface area contributed by atoms with Gasteiger partial charge in [-0.15, -0.1) is 0 Å². The predicted molar refractivity (Wildman–Crippen MR) is 133 cm³/mol. The Labute approximate surface area is 205 Å². The van der Waals surface area contributed by atoms with Gasteiger partial charge in [0.1, 0.15) is 5.52 Å². The Morgan fingerprint density at radius 1 is 0.583 bits per heavy atom. The summed E-state index contributed by atoms with van der Waals surface area (Å²) in [5, 5.41) is 10.6. The first kappa shape index (κ1) is 23.7. The Morgan fingerprint density at radius 3 is 1.75 bits per heavy atom. The highest BCUT2D eigenvalue weighted by Crippen LogP contribution is 2.39. The van der Waals surface area contributed by atoms with Crippen LogP contribution in [0, 0.1) is 23.3 Å². The van der Waals surface area contributed by atoms with Crippen LogP contribution in [0.2, 0.25) is 0 Å². The molecule has 4 aromatic carbocycles. The average molecular weight is 487 g/mol. The van der Waals surface area contributed by atoms with Crippen molar-refractivity contribution in [2.75, 3.05) is 0 Å². The number of aliphatic hydroxyl groups is 1. The number of hydrogen-bond acceptors (Lipinski definition) is 2. The van der Waals surface area contributed by atoms with Crippen LogP contribution < -0.4 is 0 Å². The summed E-state index contributed by atoms with van der Waals surface area (Å²) < 4.78 is 55.7. The molecule has 0 aliphatic carbocycles. The van der Waals surface area contributed by atoms with Crippen molar-refractivity contribution in [1.29, 1.82) is 0 Å². The number of halogens is 4. The van der Waals surface area contributed by atoms with E-state index in [-0.39, 0.29) is 5.69 Å². The van der Waals surface area contributed by atoms with Gasteiger partial charge in [-0.3, -0.25) is 0 Å². The van der Waals surface area contributed by atoms with E-state index in [0.29, 0.717) is 5.56 Å². The van der Waals surface area contributed by atoms with Gasteiger partial charge in [0, 0.05) is 10.9 Å². The van der Waals surface area contributed by atoms with E-state index in [9.17, 15) is 22.7 Å². The van der Waals surface area contributed by atoms with E-state index in [4.69, 9.17) is 0 Å². The molecule has 5 rings (SSSR count). The molecule has 0 spiro atoms. The summed E-state index contributed by atoms with van der Waals surface area (Å²) in [6.45, 7) is 3.47. The van der Waals surface area contributed by atoms with Crippen molar-refractivity contribution in [2.45, 2.75) is 19.4 Å². The van der Waals surface area contributed by atoms with Gasteiger partial charge in [0.2, 0.25) is 0 Å². The average Bonchev–Trinajstić information content (AvgIpc) is 2.90. The molecule has 6 heteroatoms. The lowest BCUT2D eigenvalue weighted by Gasteiger charge is -2.26. The van der Waals surface area contributed by atoms with Gasteiger partial charge in [-0.05, 0) is 53.8 Å². The van der Waals surface area contributed by atoms with Crippen molar-refractivity contribution in [1.82, 2.24) is 4.98 Å². The minimum Gasteiger partial charge on any atom is -0.386 e. The van der Waals surface area contributed by atoms with E-state index in [0.717, 1.165) is 27.8 Å². The highest BCUT2D eigenvalue weighted by atomic mass is 19.2. The topological polar surface area (TPSA) is 33.1 Å². The first-order valence-electron chi connectivity index (χ1n) is 11.3. The minimum atomic E-state index is -1.89. The lowest BCUT2D eigenvalue weighted by atomic mass is 9.83. The van der Waals surface area contributed by atoms with Crippen molar-refractivity contribution < 1.29 is 22.7 Å². The van der Waals surface area contributed by atoms with Crippen molar-refractivity contribution in [3.8, 4) is 33.5 Å². The maximum atomic E-state index is 14.3. The largest absolute Gasteiger partial charge is 0.386 e. The van der Waals surface area contributed by atoms with E-state index in [2.05, 4.69) is 4.98 Å². The van der Waals surface area contributed by atoms with E-state index >= 15 is 0 Å². The van der Waals surface area contributed by atoms with Gasteiger partial charge in [-0.1, -0.05) is 72.8 Å². The summed E-state index contributed by atoms with van der Waals surface area (Å²) in [7, 11) is 0. The predicted octanol–water partition coefficient (Wildman–Crippen LogP) is 8.02. The fourth-order valence-electron chi connectivity index (χ4n) is 4.51. The summed E-state index contributed by atoms with van der Waals surface area (Å²) in [5.74, 6) is -6.76. The third-order valence-corrected chi connectivity index (χ3v) is 6.17. The maximum Gasteiger partial charge on any atom is 0.199 e. The molecule has 0 saturated carbocycles.